The summed E-state index contributed by atoms with van der Waals surface area (Å²) in [6.07, 6.45) is 0.257. The van der Waals surface area contributed by atoms with Crippen LogP contribution < -0.4 is 0 Å². The highest BCUT2D eigenvalue weighted by molar-refractivity contribution is 6.77. The van der Waals surface area contributed by atoms with Crippen molar-refractivity contribution in [2.24, 2.45) is 0 Å². The first kappa shape index (κ1) is 22.7. The monoisotopic (exact) mass is 430 g/mol. The standard InChI is InChI=1S/C23H34N2O4Si/c1-15(2)30(16(3)4,17(5)6)29-20-11-12-24(23(20)28)13-14-25-21(26)18-9-7-8-10-19(18)22(25)27/h7-10,15-17,20H,11-14H2,1-6H3/t20-/m0/s1. The van der Waals surface area contributed by atoms with Gasteiger partial charge in [0.1, 0.15) is 6.10 Å². The van der Waals surface area contributed by atoms with Crippen molar-refractivity contribution in [3.05, 3.63) is 35.4 Å². The Bertz CT molecular complexity index is 779. The molecule has 0 saturated carbocycles. The van der Waals surface area contributed by atoms with E-state index < -0.39 is 14.4 Å². The smallest absolute Gasteiger partial charge is 0.261 e. The molecule has 0 radical (unpaired) electrons. The van der Waals surface area contributed by atoms with E-state index in [1.54, 1.807) is 29.2 Å². The molecule has 2 aliphatic heterocycles. The highest BCUT2D eigenvalue weighted by atomic mass is 28.4. The summed E-state index contributed by atoms with van der Waals surface area (Å²) in [5.74, 6) is -0.563. The molecule has 1 atom stereocenters. The second kappa shape index (κ2) is 8.63. The van der Waals surface area contributed by atoms with E-state index in [0.29, 0.717) is 47.3 Å². The normalized spacial score (nSPS) is 19.8. The minimum absolute atomic E-state index is 0.00886. The van der Waals surface area contributed by atoms with E-state index in [2.05, 4.69) is 41.5 Å². The van der Waals surface area contributed by atoms with Gasteiger partial charge in [0.2, 0.25) is 8.32 Å². The summed E-state index contributed by atoms with van der Waals surface area (Å²) in [5.41, 5.74) is 2.13. The molecule has 3 amide bonds. The minimum Gasteiger partial charge on any atom is -0.404 e. The number of nitrogens with zero attached hydrogens (tertiary/aromatic N) is 2. The highest BCUT2D eigenvalue weighted by Crippen LogP contribution is 2.44. The quantitative estimate of drug-likeness (QED) is 0.460. The van der Waals surface area contributed by atoms with Crippen molar-refractivity contribution in [2.75, 3.05) is 19.6 Å². The van der Waals surface area contributed by atoms with Crippen molar-refractivity contribution >= 4 is 26.0 Å². The molecule has 1 fully saturated rings. The SMILES string of the molecule is CC(C)[Si](O[C@H]1CCN(CCN2C(=O)c3ccccc3C2=O)C1=O)(C(C)C)C(C)C. The summed E-state index contributed by atoms with van der Waals surface area (Å²) in [7, 11) is -2.14. The Balaban J connectivity index is 1.65. The van der Waals surface area contributed by atoms with Crippen LogP contribution >= 0.6 is 0 Å². The molecule has 2 aliphatic rings. The van der Waals surface area contributed by atoms with Crippen LogP contribution in [0.5, 0.6) is 0 Å². The van der Waals surface area contributed by atoms with Crippen LogP contribution in [0.3, 0.4) is 0 Å². The predicted molar refractivity (Wildman–Crippen MR) is 119 cm³/mol. The highest BCUT2D eigenvalue weighted by Gasteiger charge is 2.49. The molecule has 6 nitrogen and oxygen atoms in total. The molecule has 0 unspecified atom stereocenters. The molecule has 0 aromatic heterocycles. The lowest BCUT2D eigenvalue weighted by Crippen LogP contribution is -2.51. The van der Waals surface area contributed by atoms with E-state index in [-0.39, 0.29) is 24.3 Å². The average molecular weight is 431 g/mol. The molecule has 1 aromatic carbocycles. The molecule has 7 heteroatoms. The van der Waals surface area contributed by atoms with Gasteiger partial charge in [-0.3, -0.25) is 19.3 Å². The molecule has 0 spiro atoms. The molecule has 1 aromatic rings. The maximum absolute atomic E-state index is 13.1. The van der Waals surface area contributed by atoms with Gasteiger partial charge in [-0.2, -0.15) is 0 Å². The van der Waals surface area contributed by atoms with Crippen LogP contribution in [-0.2, 0) is 9.22 Å². The van der Waals surface area contributed by atoms with E-state index in [0.717, 1.165) is 0 Å². The summed E-state index contributed by atoms with van der Waals surface area (Å²) >= 11 is 0. The zero-order chi connectivity index (χ0) is 22.2. The number of rotatable bonds is 8. The number of benzene rings is 1. The molecule has 1 saturated heterocycles. The van der Waals surface area contributed by atoms with Gasteiger partial charge in [0.15, 0.2) is 0 Å². The average Bonchev–Trinajstić information content (AvgIpc) is 3.15. The Morgan fingerprint density at radius 3 is 1.87 bits per heavy atom. The van der Waals surface area contributed by atoms with E-state index >= 15 is 0 Å². The van der Waals surface area contributed by atoms with Gasteiger partial charge in [-0.25, -0.2) is 0 Å². The fourth-order valence-electron chi connectivity index (χ4n) is 5.36. The molecular weight excluding hydrogens is 396 g/mol. The Morgan fingerprint density at radius 2 is 1.40 bits per heavy atom. The third-order valence-corrected chi connectivity index (χ3v) is 12.9. The van der Waals surface area contributed by atoms with Crippen LogP contribution in [0, 0.1) is 0 Å². The third-order valence-electron chi connectivity index (χ3n) is 6.77. The largest absolute Gasteiger partial charge is 0.404 e. The van der Waals surface area contributed by atoms with Crippen LogP contribution in [0.15, 0.2) is 24.3 Å². The molecule has 0 bridgehead atoms. The number of imide groups is 1. The van der Waals surface area contributed by atoms with Gasteiger partial charge in [-0.15, -0.1) is 0 Å². The van der Waals surface area contributed by atoms with Crippen LogP contribution in [0.1, 0.15) is 68.7 Å². The Labute approximate surface area is 180 Å². The van der Waals surface area contributed by atoms with Gasteiger partial charge in [-0.05, 0) is 35.2 Å². The Morgan fingerprint density at radius 1 is 0.900 bits per heavy atom. The van der Waals surface area contributed by atoms with Crippen molar-refractivity contribution in [1.82, 2.24) is 9.80 Å². The van der Waals surface area contributed by atoms with Crippen molar-refractivity contribution in [1.29, 1.82) is 0 Å². The van der Waals surface area contributed by atoms with Gasteiger partial charge in [0.25, 0.3) is 17.7 Å². The lowest BCUT2D eigenvalue weighted by Gasteiger charge is -2.43. The van der Waals surface area contributed by atoms with Crippen LogP contribution in [0.25, 0.3) is 0 Å². The summed E-state index contributed by atoms with van der Waals surface area (Å²) in [4.78, 5) is 41.2. The lowest BCUT2D eigenvalue weighted by molar-refractivity contribution is -0.134. The number of amides is 3. The molecule has 164 valence electrons. The maximum atomic E-state index is 13.1. The van der Waals surface area contributed by atoms with E-state index in [9.17, 15) is 14.4 Å². The number of carbonyl (C=O) groups is 3. The Kier molecular flexibility index (Phi) is 6.53. The van der Waals surface area contributed by atoms with Crippen LogP contribution in [0.4, 0.5) is 0 Å². The zero-order valence-electron chi connectivity index (χ0n) is 19.0. The minimum atomic E-state index is -2.14. The maximum Gasteiger partial charge on any atom is 0.261 e. The van der Waals surface area contributed by atoms with Crippen molar-refractivity contribution in [2.45, 2.75) is 70.7 Å². The predicted octanol–water partition coefficient (Wildman–Crippen LogP) is 4.08. The fraction of sp³-hybridized carbons (Fsp3) is 0.609. The first-order valence-corrected chi connectivity index (χ1v) is 13.2. The second-order valence-electron chi connectivity index (χ2n) is 9.35. The number of likely N-dealkylation sites (tertiary alicyclic amines) is 1. The summed E-state index contributed by atoms with van der Waals surface area (Å²) < 4.78 is 6.69. The van der Waals surface area contributed by atoms with Gasteiger partial charge in [0.05, 0.1) is 11.1 Å². The molecular formula is C23H34N2O4Si. The molecule has 0 N–H and O–H groups in total. The third kappa shape index (κ3) is 3.73. The van der Waals surface area contributed by atoms with E-state index in [4.69, 9.17) is 4.43 Å². The molecule has 0 aliphatic carbocycles. The van der Waals surface area contributed by atoms with Gasteiger partial charge >= 0.3 is 0 Å². The van der Waals surface area contributed by atoms with Gasteiger partial charge in [0, 0.05) is 19.6 Å². The molecule has 2 heterocycles. The van der Waals surface area contributed by atoms with E-state index in [1.807, 2.05) is 0 Å². The number of hydrogen-bond acceptors (Lipinski definition) is 4. The summed E-state index contributed by atoms with van der Waals surface area (Å²) in [6.45, 7) is 14.5. The van der Waals surface area contributed by atoms with E-state index in [1.165, 1.54) is 4.90 Å². The number of hydrogen-bond donors (Lipinski definition) is 0. The van der Waals surface area contributed by atoms with Crippen molar-refractivity contribution < 1.29 is 18.8 Å². The van der Waals surface area contributed by atoms with Crippen LogP contribution in [0.2, 0.25) is 16.6 Å². The molecule has 3 rings (SSSR count). The van der Waals surface area contributed by atoms with Crippen molar-refractivity contribution in [3.8, 4) is 0 Å². The first-order valence-electron chi connectivity index (χ1n) is 11.0. The number of carbonyl (C=O) groups excluding carboxylic acids is 3. The van der Waals surface area contributed by atoms with Gasteiger partial charge in [-0.1, -0.05) is 53.7 Å². The number of fused-ring (bicyclic) bond motifs is 1. The first-order chi connectivity index (χ1) is 14.1. The van der Waals surface area contributed by atoms with Gasteiger partial charge < -0.3 is 9.33 Å². The molecule has 30 heavy (non-hydrogen) atoms. The summed E-state index contributed by atoms with van der Waals surface area (Å²) in [6, 6.07) is 6.87. The lowest BCUT2D eigenvalue weighted by atomic mass is 10.1. The summed E-state index contributed by atoms with van der Waals surface area (Å²) in [5, 5.41) is 0. The van der Waals surface area contributed by atoms with Crippen molar-refractivity contribution in [3.63, 3.8) is 0 Å². The fourth-order valence-corrected chi connectivity index (χ4v) is 10.9. The Hall–Kier alpha value is -1.99. The second-order valence-corrected chi connectivity index (χ2v) is 14.8. The zero-order valence-corrected chi connectivity index (χ0v) is 20.0. The van der Waals surface area contributed by atoms with Crippen LogP contribution in [-0.4, -0.2) is 61.6 Å². The topological polar surface area (TPSA) is 66.9 Å².